The molecule has 4 N–H and O–H groups in total. The number of nitrogens with zero attached hydrogens (tertiary/aromatic N) is 1. The molecule has 0 bridgehead atoms. The summed E-state index contributed by atoms with van der Waals surface area (Å²) in [6.45, 7) is 0. The summed E-state index contributed by atoms with van der Waals surface area (Å²) in [5.74, 6) is -2.66. The van der Waals surface area contributed by atoms with Crippen LogP contribution in [0.4, 0.5) is 5.69 Å². The second-order valence-corrected chi connectivity index (χ2v) is 5.53. The molecule has 0 radical (unpaired) electrons. The Labute approximate surface area is 135 Å². The Hall–Kier alpha value is -2.56. The lowest BCUT2D eigenvalue weighted by Gasteiger charge is -2.40. The van der Waals surface area contributed by atoms with Gasteiger partial charge in [0.1, 0.15) is 6.10 Å². The minimum atomic E-state index is -2.21. The molecule has 0 aromatic heterocycles. The van der Waals surface area contributed by atoms with Crippen molar-refractivity contribution >= 4 is 17.6 Å². The molecule has 0 heterocycles. The highest BCUT2D eigenvalue weighted by Crippen LogP contribution is 2.34. The van der Waals surface area contributed by atoms with Crippen LogP contribution in [0.2, 0.25) is 0 Å². The van der Waals surface area contributed by atoms with E-state index in [4.69, 9.17) is 4.74 Å². The summed E-state index contributed by atoms with van der Waals surface area (Å²) in [6, 6.07) is 4.30. The number of nitro groups is 1. The minimum Gasteiger partial charge on any atom is -0.478 e. The molecule has 1 fully saturated rings. The van der Waals surface area contributed by atoms with Crippen molar-refractivity contribution in [1.29, 1.82) is 0 Å². The van der Waals surface area contributed by atoms with Gasteiger partial charge in [-0.05, 0) is 12.1 Å². The second-order valence-electron chi connectivity index (χ2n) is 5.53. The Morgan fingerprint density at radius 1 is 1.12 bits per heavy atom. The van der Waals surface area contributed by atoms with Gasteiger partial charge < -0.3 is 25.2 Å². The van der Waals surface area contributed by atoms with E-state index in [1.54, 1.807) is 0 Å². The predicted molar refractivity (Wildman–Crippen MR) is 76.1 cm³/mol. The normalized spacial score (nSPS) is 29.7. The number of carboxylic acids is 1. The third kappa shape index (κ3) is 3.35. The summed E-state index contributed by atoms with van der Waals surface area (Å²) in [4.78, 5) is 33.5. The van der Waals surface area contributed by atoms with Gasteiger partial charge in [-0.15, -0.1) is 0 Å². The SMILES string of the molecule is O=C(OC1(C(=O)O)C[C@@H](O)C(O)[C@H](O)C1)c1ccc([N+](=O)[O-])cc1. The molecule has 0 unspecified atom stereocenters. The summed E-state index contributed by atoms with van der Waals surface area (Å²) in [5.41, 5.74) is -2.60. The first-order valence-corrected chi connectivity index (χ1v) is 6.92. The topological polar surface area (TPSA) is 167 Å². The fourth-order valence-corrected chi connectivity index (χ4v) is 2.51. The highest BCUT2D eigenvalue weighted by Gasteiger charge is 2.52. The number of carbonyl (C=O) groups excluding carboxylic acids is 1. The number of aliphatic carboxylic acids is 1. The van der Waals surface area contributed by atoms with Crippen LogP contribution in [0, 0.1) is 10.1 Å². The van der Waals surface area contributed by atoms with Gasteiger partial charge >= 0.3 is 11.9 Å². The van der Waals surface area contributed by atoms with Gasteiger partial charge in [0, 0.05) is 25.0 Å². The number of rotatable bonds is 4. The van der Waals surface area contributed by atoms with Crippen molar-refractivity contribution < 1.29 is 39.7 Å². The maximum atomic E-state index is 12.1. The van der Waals surface area contributed by atoms with Crippen LogP contribution in [0.1, 0.15) is 23.2 Å². The monoisotopic (exact) mass is 341 g/mol. The molecule has 1 aromatic carbocycles. The van der Waals surface area contributed by atoms with Crippen LogP contribution in [-0.2, 0) is 9.53 Å². The molecule has 24 heavy (non-hydrogen) atoms. The molecule has 1 aliphatic rings. The predicted octanol–water partition coefficient (Wildman–Crippen LogP) is -0.549. The molecule has 0 amide bonds. The first-order valence-electron chi connectivity index (χ1n) is 6.92. The van der Waals surface area contributed by atoms with Crippen LogP contribution in [0.15, 0.2) is 24.3 Å². The van der Waals surface area contributed by atoms with Crippen molar-refractivity contribution in [3.63, 3.8) is 0 Å². The molecule has 0 saturated heterocycles. The van der Waals surface area contributed by atoms with Crippen LogP contribution in [-0.4, -0.2) is 61.2 Å². The quantitative estimate of drug-likeness (QED) is 0.319. The maximum Gasteiger partial charge on any atom is 0.348 e. The van der Waals surface area contributed by atoms with Crippen LogP contribution >= 0.6 is 0 Å². The van der Waals surface area contributed by atoms with Crippen molar-refractivity contribution in [2.75, 3.05) is 0 Å². The third-order valence-electron chi connectivity index (χ3n) is 3.86. The van der Waals surface area contributed by atoms with Gasteiger partial charge in [-0.25, -0.2) is 9.59 Å². The number of carbonyl (C=O) groups is 2. The summed E-state index contributed by atoms with van der Waals surface area (Å²) in [6.07, 6.45) is -5.92. The molecule has 0 spiro atoms. The van der Waals surface area contributed by atoms with Gasteiger partial charge in [0.15, 0.2) is 0 Å². The van der Waals surface area contributed by atoms with Gasteiger partial charge in [0.25, 0.3) is 5.69 Å². The van der Waals surface area contributed by atoms with Crippen molar-refractivity contribution in [3.05, 3.63) is 39.9 Å². The van der Waals surface area contributed by atoms with E-state index < -0.39 is 53.6 Å². The summed E-state index contributed by atoms with van der Waals surface area (Å²) >= 11 is 0. The largest absolute Gasteiger partial charge is 0.478 e. The van der Waals surface area contributed by atoms with Crippen molar-refractivity contribution in [1.82, 2.24) is 0 Å². The first-order chi connectivity index (χ1) is 11.2. The number of hydrogen-bond donors (Lipinski definition) is 4. The lowest BCUT2D eigenvalue weighted by Crippen LogP contribution is -2.58. The smallest absolute Gasteiger partial charge is 0.348 e. The van der Waals surface area contributed by atoms with Gasteiger partial charge in [0.05, 0.1) is 22.7 Å². The minimum absolute atomic E-state index is 0.128. The van der Waals surface area contributed by atoms with Gasteiger partial charge in [0.2, 0.25) is 5.60 Å². The van der Waals surface area contributed by atoms with E-state index >= 15 is 0 Å². The lowest BCUT2D eigenvalue weighted by molar-refractivity contribution is -0.384. The molecule has 130 valence electrons. The maximum absolute atomic E-state index is 12.1. The Kier molecular flexibility index (Phi) is 4.83. The molecule has 1 aliphatic carbocycles. The van der Waals surface area contributed by atoms with Gasteiger partial charge in [-0.1, -0.05) is 0 Å². The molecule has 10 nitrogen and oxygen atoms in total. The Morgan fingerprint density at radius 3 is 2.04 bits per heavy atom. The highest BCUT2D eigenvalue weighted by molar-refractivity contribution is 5.92. The molecule has 2 atom stereocenters. The molecule has 1 aromatic rings. The van der Waals surface area contributed by atoms with Gasteiger partial charge in [-0.3, -0.25) is 10.1 Å². The number of carboxylic acid groups (broad SMARTS) is 1. The van der Waals surface area contributed by atoms with E-state index in [0.29, 0.717) is 0 Å². The van der Waals surface area contributed by atoms with Crippen molar-refractivity contribution in [3.8, 4) is 0 Å². The van der Waals surface area contributed by atoms with E-state index in [1.807, 2.05) is 0 Å². The van der Waals surface area contributed by atoms with Crippen LogP contribution in [0.3, 0.4) is 0 Å². The van der Waals surface area contributed by atoms with E-state index in [0.717, 1.165) is 24.3 Å². The van der Waals surface area contributed by atoms with Crippen LogP contribution in [0.25, 0.3) is 0 Å². The zero-order valence-corrected chi connectivity index (χ0v) is 12.2. The number of ether oxygens (including phenoxy) is 1. The number of esters is 1. The van der Waals surface area contributed by atoms with Crippen molar-refractivity contribution in [2.45, 2.75) is 36.8 Å². The zero-order valence-electron chi connectivity index (χ0n) is 12.2. The molecular formula is C14H15NO9. The van der Waals surface area contributed by atoms with E-state index in [2.05, 4.69) is 0 Å². The Morgan fingerprint density at radius 2 is 1.62 bits per heavy atom. The zero-order chi connectivity index (χ0) is 18.1. The van der Waals surface area contributed by atoms with E-state index in [9.17, 15) is 40.1 Å². The molecule has 2 rings (SSSR count). The van der Waals surface area contributed by atoms with Crippen molar-refractivity contribution in [2.24, 2.45) is 0 Å². The Bertz CT molecular complexity index is 645. The standard InChI is InChI=1S/C14H15NO9/c16-9-5-14(13(20)21,6-10(17)11(9)18)24-12(19)7-1-3-8(4-2-7)15(22)23/h1-4,9-11,16-18H,5-6H2,(H,20,21)/t9-,10-,11?,14?/m1/s1. The number of aliphatic hydroxyl groups excluding tert-OH is 3. The second kappa shape index (κ2) is 6.51. The first kappa shape index (κ1) is 17.8. The number of hydrogen-bond acceptors (Lipinski definition) is 8. The van der Waals surface area contributed by atoms with E-state index in [-0.39, 0.29) is 11.3 Å². The average molecular weight is 341 g/mol. The highest BCUT2D eigenvalue weighted by atomic mass is 16.6. The van der Waals surface area contributed by atoms with Gasteiger partial charge in [-0.2, -0.15) is 0 Å². The van der Waals surface area contributed by atoms with E-state index in [1.165, 1.54) is 0 Å². The average Bonchev–Trinajstić information content (AvgIpc) is 2.52. The fourth-order valence-electron chi connectivity index (χ4n) is 2.51. The number of nitro benzene ring substituents is 1. The fraction of sp³-hybridized carbons (Fsp3) is 0.429. The summed E-state index contributed by atoms with van der Waals surface area (Å²) in [7, 11) is 0. The molecule has 1 saturated carbocycles. The molecule has 0 aliphatic heterocycles. The number of non-ortho nitro benzene ring substituents is 1. The van der Waals surface area contributed by atoms with Crippen LogP contribution < -0.4 is 0 Å². The third-order valence-corrected chi connectivity index (χ3v) is 3.86. The summed E-state index contributed by atoms with van der Waals surface area (Å²) < 4.78 is 4.98. The lowest BCUT2D eigenvalue weighted by atomic mass is 9.79. The number of benzene rings is 1. The number of aliphatic hydroxyl groups is 3. The van der Waals surface area contributed by atoms with Crippen LogP contribution in [0.5, 0.6) is 0 Å². The Balaban J connectivity index is 2.23. The molecular weight excluding hydrogens is 326 g/mol. The molecule has 10 heteroatoms. The summed E-state index contributed by atoms with van der Waals surface area (Å²) in [5, 5.41) is 48.8.